The second-order valence-corrected chi connectivity index (χ2v) is 6.89. The van der Waals surface area contributed by atoms with Gasteiger partial charge in [-0.3, -0.25) is 0 Å². The topological polar surface area (TPSA) is 76.5 Å². The largest absolute Gasteiger partial charge is 0.468 e. The Balaban J connectivity index is 2.44. The molecule has 21 heavy (non-hydrogen) atoms. The van der Waals surface area contributed by atoms with Crippen LogP contribution in [0.3, 0.4) is 0 Å². The van der Waals surface area contributed by atoms with Crippen molar-refractivity contribution in [1.82, 2.24) is 4.31 Å². The van der Waals surface area contributed by atoms with Gasteiger partial charge in [-0.05, 0) is 49.2 Å². The van der Waals surface area contributed by atoms with Gasteiger partial charge in [0.1, 0.15) is 5.76 Å². The third-order valence-electron chi connectivity index (χ3n) is 3.43. The van der Waals surface area contributed by atoms with Crippen LogP contribution in [0.5, 0.6) is 0 Å². The lowest BCUT2D eigenvalue weighted by Gasteiger charge is -2.21. The number of rotatable bonds is 5. The van der Waals surface area contributed by atoms with E-state index in [1.54, 1.807) is 38.1 Å². The lowest BCUT2D eigenvalue weighted by Crippen LogP contribution is -2.31. The summed E-state index contributed by atoms with van der Waals surface area (Å²) in [4.78, 5) is 0.258. The minimum absolute atomic E-state index is 0.207. The Morgan fingerprint density at radius 2 is 2.00 bits per heavy atom. The van der Waals surface area contributed by atoms with Crippen LogP contribution in [0.1, 0.15) is 23.8 Å². The predicted molar refractivity (Wildman–Crippen MR) is 82.3 cm³/mol. The zero-order valence-corrected chi connectivity index (χ0v) is 13.3. The molecule has 2 N–H and O–H groups in total. The maximum atomic E-state index is 12.8. The summed E-state index contributed by atoms with van der Waals surface area (Å²) in [5, 5.41) is 0. The van der Waals surface area contributed by atoms with Gasteiger partial charge in [0.05, 0.1) is 17.7 Å². The van der Waals surface area contributed by atoms with Crippen molar-refractivity contribution >= 4 is 15.7 Å². The summed E-state index contributed by atoms with van der Waals surface area (Å²) in [6, 6.07) is 6.93. The third-order valence-corrected chi connectivity index (χ3v) is 5.47. The summed E-state index contributed by atoms with van der Waals surface area (Å²) in [6.45, 7) is 5.92. The zero-order chi connectivity index (χ0) is 15.6. The molecule has 6 heteroatoms. The molecule has 0 atom stereocenters. The van der Waals surface area contributed by atoms with Crippen molar-refractivity contribution in [3.05, 3.63) is 47.4 Å². The summed E-state index contributed by atoms with van der Waals surface area (Å²) in [6.07, 6.45) is 1.53. The lowest BCUT2D eigenvalue weighted by molar-refractivity contribution is 0.375. The molecule has 114 valence electrons. The molecule has 1 heterocycles. The molecular formula is C15H20N2O3S. The molecule has 0 bridgehead atoms. The van der Waals surface area contributed by atoms with Crippen molar-refractivity contribution in [3.63, 3.8) is 0 Å². The van der Waals surface area contributed by atoms with Gasteiger partial charge in [-0.1, -0.05) is 6.92 Å². The number of aryl methyl sites for hydroxylation is 1. The van der Waals surface area contributed by atoms with Crippen LogP contribution in [0.25, 0.3) is 0 Å². The molecule has 1 aromatic carbocycles. The number of sulfonamides is 1. The Bertz CT molecular complexity index is 722. The highest BCUT2D eigenvalue weighted by Gasteiger charge is 2.26. The van der Waals surface area contributed by atoms with Gasteiger partial charge in [-0.2, -0.15) is 4.31 Å². The fourth-order valence-corrected chi connectivity index (χ4v) is 3.96. The molecule has 0 unspecified atom stereocenters. The molecule has 2 aromatic rings. The van der Waals surface area contributed by atoms with E-state index >= 15 is 0 Å². The summed E-state index contributed by atoms with van der Waals surface area (Å²) in [5.74, 6) is 0.610. The van der Waals surface area contributed by atoms with Crippen molar-refractivity contribution in [3.8, 4) is 0 Å². The number of hydrogen-bond acceptors (Lipinski definition) is 4. The number of nitrogens with zero attached hydrogens (tertiary/aromatic N) is 1. The first-order chi connectivity index (χ1) is 9.86. The third kappa shape index (κ3) is 3.11. The van der Waals surface area contributed by atoms with E-state index in [4.69, 9.17) is 10.2 Å². The van der Waals surface area contributed by atoms with Crippen molar-refractivity contribution in [2.75, 3.05) is 12.3 Å². The van der Waals surface area contributed by atoms with Gasteiger partial charge in [-0.25, -0.2) is 8.42 Å². The van der Waals surface area contributed by atoms with E-state index in [0.717, 1.165) is 5.56 Å². The smallest absolute Gasteiger partial charge is 0.243 e. The summed E-state index contributed by atoms with van der Waals surface area (Å²) >= 11 is 0. The van der Waals surface area contributed by atoms with Crippen molar-refractivity contribution in [2.45, 2.75) is 32.2 Å². The monoisotopic (exact) mass is 308 g/mol. The fourth-order valence-electron chi connectivity index (χ4n) is 2.20. The fraction of sp³-hybridized carbons (Fsp3) is 0.333. The van der Waals surface area contributed by atoms with Crippen molar-refractivity contribution < 1.29 is 12.8 Å². The second-order valence-electron chi connectivity index (χ2n) is 4.99. The van der Waals surface area contributed by atoms with Crippen LogP contribution in [-0.2, 0) is 16.6 Å². The molecule has 0 aliphatic heterocycles. The van der Waals surface area contributed by atoms with Gasteiger partial charge in [0.15, 0.2) is 0 Å². The van der Waals surface area contributed by atoms with Gasteiger partial charge < -0.3 is 10.2 Å². The molecule has 1 aromatic heterocycles. The van der Waals surface area contributed by atoms with Crippen LogP contribution in [0.15, 0.2) is 39.8 Å². The van der Waals surface area contributed by atoms with Gasteiger partial charge in [0, 0.05) is 12.2 Å². The summed E-state index contributed by atoms with van der Waals surface area (Å²) < 4.78 is 32.3. The van der Waals surface area contributed by atoms with Crippen LogP contribution in [-0.4, -0.2) is 19.3 Å². The average molecular weight is 308 g/mol. The molecule has 0 aliphatic rings. The number of benzene rings is 1. The molecule has 0 fully saturated rings. The van der Waals surface area contributed by atoms with Crippen LogP contribution < -0.4 is 5.73 Å². The van der Waals surface area contributed by atoms with Crippen LogP contribution >= 0.6 is 0 Å². The molecule has 0 radical (unpaired) electrons. The first kappa shape index (κ1) is 15.6. The van der Waals surface area contributed by atoms with Crippen LogP contribution in [0.2, 0.25) is 0 Å². The summed E-state index contributed by atoms with van der Waals surface area (Å²) in [7, 11) is -3.61. The van der Waals surface area contributed by atoms with E-state index in [2.05, 4.69) is 0 Å². The van der Waals surface area contributed by atoms with Gasteiger partial charge >= 0.3 is 0 Å². The first-order valence-electron chi connectivity index (χ1n) is 6.75. The molecule has 5 nitrogen and oxygen atoms in total. The highest BCUT2D eigenvalue weighted by Crippen LogP contribution is 2.26. The normalized spacial score (nSPS) is 12.0. The predicted octanol–water partition coefficient (Wildman–Crippen LogP) is 2.69. The van der Waals surface area contributed by atoms with Crippen molar-refractivity contribution in [1.29, 1.82) is 0 Å². The highest BCUT2D eigenvalue weighted by atomic mass is 32.2. The highest BCUT2D eigenvalue weighted by molar-refractivity contribution is 7.89. The van der Waals surface area contributed by atoms with Crippen LogP contribution in [0.4, 0.5) is 5.69 Å². The number of nitrogens with two attached hydrogens (primary N) is 1. The standard InChI is InChI=1S/C15H20N2O3S/c1-4-17(10-13-6-5-7-20-13)21(18,19)15-9-11(2)8-14(16)12(15)3/h5-9H,4,10,16H2,1-3H3. The maximum Gasteiger partial charge on any atom is 0.243 e. The molecule has 2 rings (SSSR count). The quantitative estimate of drug-likeness (QED) is 0.862. The second kappa shape index (κ2) is 5.91. The summed E-state index contributed by atoms with van der Waals surface area (Å²) in [5.41, 5.74) is 7.79. The Morgan fingerprint density at radius 3 is 2.57 bits per heavy atom. The number of furan rings is 1. The van der Waals surface area contributed by atoms with Crippen LogP contribution in [0, 0.1) is 13.8 Å². The van der Waals surface area contributed by atoms with E-state index in [0.29, 0.717) is 23.6 Å². The zero-order valence-electron chi connectivity index (χ0n) is 12.5. The minimum atomic E-state index is -3.61. The van der Waals surface area contributed by atoms with Crippen molar-refractivity contribution in [2.24, 2.45) is 0 Å². The SMILES string of the molecule is CCN(Cc1ccco1)S(=O)(=O)c1cc(C)cc(N)c1C. The van der Waals surface area contributed by atoms with Gasteiger partial charge in [0.25, 0.3) is 0 Å². The van der Waals surface area contributed by atoms with E-state index in [-0.39, 0.29) is 11.4 Å². The Kier molecular flexibility index (Phi) is 4.39. The molecular weight excluding hydrogens is 288 g/mol. The van der Waals surface area contributed by atoms with E-state index in [1.807, 2.05) is 6.92 Å². The molecule has 0 amide bonds. The number of nitrogen functional groups attached to an aromatic ring is 1. The van der Waals surface area contributed by atoms with E-state index in [9.17, 15) is 8.42 Å². The molecule has 0 saturated heterocycles. The molecule has 0 saturated carbocycles. The number of anilines is 1. The Hall–Kier alpha value is -1.79. The lowest BCUT2D eigenvalue weighted by atomic mass is 10.1. The van der Waals surface area contributed by atoms with Gasteiger partial charge in [-0.15, -0.1) is 0 Å². The number of hydrogen-bond donors (Lipinski definition) is 1. The first-order valence-corrected chi connectivity index (χ1v) is 8.19. The Labute approximate surface area is 125 Å². The van der Waals surface area contributed by atoms with E-state index < -0.39 is 10.0 Å². The molecule has 0 spiro atoms. The maximum absolute atomic E-state index is 12.8. The molecule has 0 aliphatic carbocycles. The average Bonchev–Trinajstić information content (AvgIpc) is 2.92. The van der Waals surface area contributed by atoms with E-state index in [1.165, 1.54) is 10.6 Å². The van der Waals surface area contributed by atoms with Gasteiger partial charge in [0.2, 0.25) is 10.0 Å². The Morgan fingerprint density at radius 1 is 1.29 bits per heavy atom. The minimum Gasteiger partial charge on any atom is -0.468 e.